The molecule has 1 aromatic carbocycles. The second-order valence-electron chi connectivity index (χ2n) is 4.26. The highest BCUT2D eigenvalue weighted by Gasteiger charge is 2.07. The number of ether oxygens (including phenoxy) is 1. The summed E-state index contributed by atoms with van der Waals surface area (Å²) in [6, 6.07) is 6.03. The Balaban J connectivity index is 2.38. The smallest absolute Gasteiger partial charge is 0.120 e. The Hall–Kier alpha value is -1.97. The van der Waals surface area contributed by atoms with Gasteiger partial charge in [0.25, 0.3) is 0 Å². The fraction of sp³-hybridized carbons (Fsp3) is 0.308. The molecule has 4 nitrogen and oxygen atoms in total. The van der Waals surface area contributed by atoms with Gasteiger partial charge in [-0.15, -0.1) is 0 Å². The summed E-state index contributed by atoms with van der Waals surface area (Å²) in [6.45, 7) is 4.18. The lowest BCUT2D eigenvalue weighted by molar-refractivity contribution is 0.415. The van der Waals surface area contributed by atoms with Crippen LogP contribution >= 0.6 is 0 Å². The van der Waals surface area contributed by atoms with Crippen LogP contribution in [0.15, 0.2) is 30.6 Å². The number of aromatic nitrogens is 2. The summed E-state index contributed by atoms with van der Waals surface area (Å²) < 4.78 is 7.04. The topological polar surface area (TPSA) is 53.1 Å². The minimum Gasteiger partial charge on any atom is -0.497 e. The molecule has 0 atom stereocenters. The molecule has 1 aromatic heterocycles. The van der Waals surface area contributed by atoms with Crippen LogP contribution in [0.1, 0.15) is 19.9 Å². The Morgan fingerprint density at radius 2 is 2.12 bits per heavy atom. The van der Waals surface area contributed by atoms with Crippen LogP contribution in [0.5, 0.6) is 5.75 Å². The van der Waals surface area contributed by atoms with E-state index in [0.717, 1.165) is 16.9 Å². The summed E-state index contributed by atoms with van der Waals surface area (Å²) in [4.78, 5) is 0. The first kappa shape index (κ1) is 11.5. The van der Waals surface area contributed by atoms with Crippen molar-refractivity contribution < 1.29 is 4.74 Å². The van der Waals surface area contributed by atoms with Crippen LogP contribution in [0.2, 0.25) is 0 Å². The average Bonchev–Trinajstić information content (AvgIpc) is 2.78. The second kappa shape index (κ2) is 4.49. The number of hydrogen-bond donors (Lipinski definition) is 1. The van der Waals surface area contributed by atoms with E-state index in [2.05, 4.69) is 18.9 Å². The van der Waals surface area contributed by atoms with Crippen molar-refractivity contribution in [1.29, 1.82) is 0 Å². The second-order valence-corrected chi connectivity index (χ2v) is 4.26. The summed E-state index contributed by atoms with van der Waals surface area (Å²) in [5.41, 5.74) is 8.71. The Morgan fingerprint density at radius 3 is 2.65 bits per heavy atom. The van der Waals surface area contributed by atoms with E-state index in [-0.39, 0.29) is 0 Å². The number of nitrogens with two attached hydrogens (primary N) is 1. The van der Waals surface area contributed by atoms with Gasteiger partial charge < -0.3 is 10.5 Å². The monoisotopic (exact) mass is 231 g/mol. The molecule has 0 aliphatic heterocycles. The Morgan fingerprint density at radius 1 is 1.35 bits per heavy atom. The third-order valence-corrected chi connectivity index (χ3v) is 2.70. The van der Waals surface area contributed by atoms with Gasteiger partial charge in [-0.05, 0) is 26.0 Å². The summed E-state index contributed by atoms with van der Waals surface area (Å²) in [5, 5.41) is 4.31. The summed E-state index contributed by atoms with van der Waals surface area (Å²) in [7, 11) is 1.63. The summed E-state index contributed by atoms with van der Waals surface area (Å²) >= 11 is 0. The van der Waals surface area contributed by atoms with Gasteiger partial charge in [0.05, 0.1) is 13.3 Å². The number of benzene rings is 1. The van der Waals surface area contributed by atoms with Gasteiger partial charge in [-0.25, -0.2) is 0 Å². The van der Waals surface area contributed by atoms with Gasteiger partial charge in [0.2, 0.25) is 0 Å². The number of anilines is 1. The van der Waals surface area contributed by atoms with E-state index in [9.17, 15) is 0 Å². The van der Waals surface area contributed by atoms with Gasteiger partial charge in [-0.3, -0.25) is 4.68 Å². The quantitative estimate of drug-likeness (QED) is 0.826. The number of nitrogen functional groups attached to an aromatic ring is 1. The predicted octanol–water partition coefficient (Wildman–Crippen LogP) is 2.72. The van der Waals surface area contributed by atoms with E-state index >= 15 is 0 Å². The zero-order chi connectivity index (χ0) is 12.4. The van der Waals surface area contributed by atoms with Gasteiger partial charge in [-0.1, -0.05) is 0 Å². The SMILES string of the molecule is COc1ccc(-c2cnn(C(C)C)c2)c(N)c1. The minimum absolute atomic E-state index is 0.350. The van der Waals surface area contributed by atoms with Crippen molar-refractivity contribution in [2.75, 3.05) is 12.8 Å². The third-order valence-electron chi connectivity index (χ3n) is 2.70. The molecule has 0 fully saturated rings. The highest BCUT2D eigenvalue weighted by molar-refractivity contribution is 5.76. The van der Waals surface area contributed by atoms with Crippen LogP contribution in [0, 0.1) is 0 Å². The zero-order valence-corrected chi connectivity index (χ0v) is 10.3. The summed E-state index contributed by atoms with van der Waals surface area (Å²) in [6.07, 6.45) is 3.83. The molecule has 0 saturated carbocycles. The van der Waals surface area contributed by atoms with E-state index in [0.29, 0.717) is 11.7 Å². The highest BCUT2D eigenvalue weighted by Crippen LogP contribution is 2.29. The van der Waals surface area contributed by atoms with Crippen molar-refractivity contribution in [1.82, 2.24) is 9.78 Å². The number of rotatable bonds is 3. The molecule has 90 valence electrons. The van der Waals surface area contributed by atoms with E-state index in [4.69, 9.17) is 10.5 Å². The molecule has 1 heterocycles. The molecule has 17 heavy (non-hydrogen) atoms. The fourth-order valence-electron chi connectivity index (χ4n) is 1.69. The maximum Gasteiger partial charge on any atom is 0.120 e. The molecule has 0 aliphatic carbocycles. The van der Waals surface area contributed by atoms with Gasteiger partial charge in [0.15, 0.2) is 0 Å². The van der Waals surface area contributed by atoms with Crippen LogP contribution in [0.3, 0.4) is 0 Å². The van der Waals surface area contributed by atoms with Crippen LogP contribution in [-0.2, 0) is 0 Å². The molecule has 2 N–H and O–H groups in total. The van der Waals surface area contributed by atoms with Gasteiger partial charge >= 0.3 is 0 Å². The van der Waals surface area contributed by atoms with Crippen molar-refractivity contribution in [2.24, 2.45) is 0 Å². The molecule has 0 unspecified atom stereocenters. The van der Waals surface area contributed by atoms with Crippen LogP contribution in [0.4, 0.5) is 5.69 Å². The summed E-state index contributed by atoms with van der Waals surface area (Å²) in [5.74, 6) is 0.766. The normalized spacial score (nSPS) is 10.8. The largest absolute Gasteiger partial charge is 0.497 e. The van der Waals surface area contributed by atoms with Crippen molar-refractivity contribution in [3.63, 3.8) is 0 Å². The first-order valence-electron chi connectivity index (χ1n) is 5.60. The molecule has 2 aromatic rings. The Kier molecular flexibility index (Phi) is 3.04. The van der Waals surface area contributed by atoms with Gasteiger partial charge in [0, 0.05) is 35.1 Å². The number of nitrogens with zero attached hydrogens (tertiary/aromatic N) is 2. The number of hydrogen-bond acceptors (Lipinski definition) is 3. The third kappa shape index (κ3) is 2.25. The van der Waals surface area contributed by atoms with Crippen LogP contribution in [-0.4, -0.2) is 16.9 Å². The van der Waals surface area contributed by atoms with Crippen molar-refractivity contribution >= 4 is 5.69 Å². The lowest BCUT2D eigenvalue weighted by Crippen LogP contribution is -1.99. The minimum atomic E-state index is 0.350. The molecule has 0 bridgehead atoms. The maximum atomic E-state index is 6.00. The molecule has 2 rings (SSSR count). The molecular formula is C13H17N3O. The number of methoxy groups -OCH3 is 1. The van der Waals surface area contributed by atoms with Crippen molar-refractivity contribution in [3.05, 3.63) is 30.6 Å². The molecule has 0 spiro atoms. The van der Waals surface area contributed by atoms with Crippen LogP contribution < -0.4 is 10.5 Å². The average molecular weight is 231 g/mol. The molecule has 0 radical (unpaired) electrons. The Labute approximate surface area is 101 Å². The predicted molar refractivity (Wildman–Crippen MR) is 69.0 cm³/mol. The lowest BCUT2D eigenvalue weighted by Gasteiger charge is -2.06. The van der Waals surface area contributed by atoms with Gasteiger partial charge in [-0.2, -0.15) is 5.10 Å². The molecule has 4 heteroatoms. The van der Waals surface area contributed by atoms with E-state index in [1.807, 2.05) is 35.3 Å². The Bertz CT molecular complexity index is 517. The van der Waals surface area contributed by atoms with Crippen molar-refractivity contribution in [3.8, 4) is 16.9 Å². The van der Waals surface area contributed by atoms with Gasteiger partial charge in [0.1, 0.15) is 5.75 Å². The molecular weight excluding hydrogens is 214 g/mol. The van der Waals surface area contributed by atoms with E-state index in [1.165, 1.54) is 0 Å². The first-order chi connectivity index (χ1) is 8.11. The fourth-order valence-corrected chi connectivity index (χ4v) is 1.69. The highest BCUT2D eigenvalue weighted by atomic mass is 16.5. The standard InChI is InChI=1S/C13H17N3O/c1-9(2)16-8-10(7-15-16)12-5-4-11(17-3)6-13(12)14/h4-9H,14H2,1-3H3. The zero-order valence-electron chi connectivity index (χ0n) is 10.3. The molecule has 0 aliphatic rings. The van der Waals surface area contributed by atoms with E-state index in [1.54, 1.807) is 7.11 Å². The lowest BCUT2D eigenvalue weighted by atomic mass is 10.1. The maximum absolute atomic E-state index is 6.00. The van der Waals surface area contributed by atoms with Crippen LogP contribution in [0.25, 0.3) is 11.1 Å². The van der Waals surface area contributed by atoms with Crippen molar-refractivity contribution in [2.45, 2.75) is 19.9 Å². The van der Waals surface area contributed by atoms with E-state index < -0.39 is 0 Å². The first-order valence-corrected chi connectivity index (χ1v) is 5.60. The molecule has 0 saturated heterocycles. The molecule has 0 amide bonds.